The summed E-state index contributed by atoms with van der Waals surface area (Å²) < 4.78 is 0. The highest BCUT2D eigenvalue weighted by atomic mass is 16.1. The molecule has 0 spiro atoms. The maximum Gasteiger partial charge on any atom is 0.137 e. The van der Waals surface area contributed by atoms with E-state index in [1.54, 1.807) is 0 Å². The van der Waals surface area contributed by atoms with Crippen LogP contribution in [0.2, 0.25) is 0 Å². The highest BCUT2D eigenvalue weighted by Crippen LogP contribution is 2.21. The van der Waals surface area contributed by atoms with Gasteiger partial charge in [0.2, 0.25) is 0 Å². The predicted octanol–water partition coefficient (Wildman–Crippen LogP) is 1.31. The lowest BCUT2D eigenvalue weighted by Gasteiger charge is -2.36. The quantitative estimate of drug-likeness (QED) is 0.710. The summed E-state index contributed by atoms with van der Waals surface area (Å²) in [6, 6.07) is 0. The number of likely N-dealkylation sites (N-methyl/N-ethyl adjacent to an activating group) is 1. The van der Waals surface area contributed by atoms with Gasteiger partial charge in [0.1, 0.15) is 5.78 Å². The molecule has 1 atom stereocenters. The second kappa shape index (κ2) is 8.11. The van der Waals surface area contributed by atoms with Gasteiger partial charge in [-0.15, -0.1) is 0 Å². The lowest BCUT2D eigenvalue weighted by atomic mass is 9.98. The van der Waals surface area contributed by atoms with E-state index in [4.69, 9.17) is 0 Å². The molecule has 2 aliphatic rings. The van der Waals surface area contributed by atoms with E-state index in [0.717, 1.165) is 58.5 Å². The van der Waals surface area contributed by atoms with E-state index in [2.05, 4.69) is 28.8 Å². The van der Waals surface area contributed by atoms with E-state index in [1.165, 1.54) is 19.4 Å². The second-order valence-electron chi connectivity index (χ2n) is 6.71. The molecule has 0 aromatic rings. The number of hydrogen-bond donors (Lipinski definition) is 0. The number of rotatable bonds is 5. The summed E-state index contributed by atoms with van der Waals surface area (Å²) in [5, 5.41) is 0. The van der Waals surface area contributed by atoms with E-state index >= 15 is 0 Å². The molecule has 1 aliphatic heterocycles. The molecule has 4 heteroatoms. The van der Waals surface area contributed by atoms with Gasteiger partial charge in [-0.05, 0) is 26.9 Å². The van der Waals surface area contributed by atoms with Crippen LogP contribution in [-0.2, 0) is 4.79 Å². The van der Waals surface area contributed by atoms with Gasteiger partial charge in [0.25, 0.3) is 0 Å². The van der Waals surface area contributed by atoms with Gasteiger partial charge in [0, 0.05) is 58.2 Å². The molecule has 2 rings (SSSR count). The lowest BCUT2D eigenvalue weighted by molar-refractivity contribution is -0.123. The van der Waals surface area contributed by atoms with Crippen molar-refractivity contribution in [3.8, 4) is 0 Å². The molecule has 0 bridgehead atoms. The fraction of sp³-hybridized carbons (Fsp3) is 0.938. The molecule has 2 fully saturated rings. The summed E-state index contributed by atoms with van der Waals surface area (Å²) in [6.07, 6.45) is 5.57. The van der Waals surface area contributed by atoms with Crippen molar-refractivity contribution in [3.05, 3.63) is 0 Å². The van der Waals surface area contributed by atoms with Crippen molar-refractivity contribution in [3.63, 3.8) is 0 Å². The van der Waals surface area contributed by atoms with Crippen LogP contribution in [0.25, 0.3) is 0 Å². The van der Waals surface area contributed by atoms with Crippen molar-refractivity contribution in [1.29, 1.82) is 0 Å². The minimum absolute atomic E-state index is 0.325. The van der Waals surface area contributed by atoms with Crippen molar-refractivity contribution in [2.24, 2.45) is 5.92 Å². The molecule has 0 amide bonds. The molecular weight excluding hydrogens is 250 g/mol. The molecule has 1 saturated heterocycles. The molecule has 116 valence electrons. The number of hydrogen-bond acceptors (Lipinski definition) is 4. The van der Waals surface area contributed by atoms with Crippen LogP contribution < -0.4 is 0 Å². The molecule has 4 nitrogen and oxygen atoms in total. The van der Waals surface area contributed by atoms with Gasteiger partial charge < -0.3 is 9.80 Å². The minimum Gasteiger partial charge on any atom is -0.308 e. The fourth-order valence-corrected chi connectivity index (χ4v) is 3.27. The zero-order valence-corrected chi connectivity index (χ0v) is 13.3. The Morgan fingerprint density at radius 2 is 1.75 bits per heavy atom. The third-order valence-electron chi connectivity index (χ3n) is 4.74. The fourth-order valence-electron chi connectivity index (χ4n) is 3.27. The number of Topliss-reactive ketones (excluding diaryl/α,β-unsaturated/α-hetero) is 1. The van der Waals surface area contributed by atoms with Crippen LogP contribution in [0.5, 0.6) is 0 Å². The molecule has 1 aliphatic carbocycles. The molecule has 1 unspecified atom stereocenters. The first-order valence-corrected chi connectivity index (χ1v) is 8.27. The Bertz CT molecular complexity index is 298. The maximum absolute atomic E-state index is 12.1. The van der Waals surface area contributed by atoms with E-state index in [1.807, 2.05) is 0 Å². The van der Waals surface area contributed by atoms with Crippen molar-refractivity contribution in [2.75, 3.05) is 59.9 Å². The van der Waals surface area contributed by atoms with Crippen LogP contribution >= 0.6 is 0 Å². The highest BCUT2D eigenvalue weighted by molar-refractivity contribution is 5.81. The summed E-state index contributed by atoms with van der Waals surface area (Å²) in [6.45, 7) is 7.92. The first kappa shape index (κ1) is 15.9. The Morgan fingerprint density at radius 3 is 2.45 bits per heavy atom. The third-order valence-corrected chi connectivity index (χ3v) is 4.74. The highest BCUT2D eigenvalue weighted by Gasteiger charge is 2.25. The average Bonchev–Trinajstić information content (AvgIpc) is 2.63. The van der Waals surface area contributed by atoms with Gasteiger partial charge in [0.05, 0.1) is 0 Å². The number of carbonyl (C=O) groups excluding carboxylic acids is 1. The normalized spacial score (nSPS) is 26.9. The lowest BCUT2D eigenvalue weighted by Crippen LogP contribution is -2.49. The summed E-state index contributed by atoms with van der Waals surface area (Å²) >= 11 is 0. The molecule has 0 radical (unpaired) electrons. The number of piperazine rings is 1. The van der Waals surface area contributed by atoms with Gasteiger partial charge in [-0.3, -0.25) is 9.69 Å². The zero-order valence-electron chi connectivity index (χ0n) is 13.3. The van der Waals surface area contributed by atoms with Crippen LogP contribution in [0.3, 0.4) is 0 Å². The Hall–Kier alpha value is -0.450. The number of carbonyl (C=O) groups is 1. The second-order valence-corrected chi connectivity index (χ2v) is 6.71. The van der Waals surface area contributed by atoms with Crippen molar-refractivity contribution < 1.29 is 4.79 Å². The van der Waals surface area contributed by atoms with Crippen molar-refractivity contribution >= 4 is 5.78 Å². The molecule has 0 aromatic carbocycles. The largest absolute Gasteiger partial charge is 0.308 e. The Morgan fingerprint density at radius 1 is 1.05 bits per heavy atom. The van der Waals surface area contributed by atoms with E-state index < -0.39 is 0 Å². The molecule has 20 heavy (non-hydrogen) atoms. The standard InChI is InChI=1S/C16H31N3O/c1-17(2)8-9-18-10-12-19(13-11-18)14-15-6-4-3-5-7-16(15)20/h15H,3-14H2,1-2H3. The van der Waals surface area contributed by atoms with Crippen LogP contribution in [0, 0.1) is 5.92 Å². The monoisotopic (exact) mass is 281 g/mol. The Labute approximate surface area is 124 Å². The first-order valence-electron chi connectivity index (χ1n) is 8.27. The SMILES string of the molecule is CN(C)CCN1CCN(CC2CCCCCC2=O)CC1. The van der Waals surface area contributed by atoms with Gasteiger partial charge in [-0.2, -0.15) is 0 Å². The van der Waals surface area contributed by atoms with Crippen LogP contribution in [0.15, 0.2) is 0 Å². The molecule has 1 heterocycles. The summed E-state index contributed by atoms with van der Waals surface area (Å²) in [4.78, 5) is 19.4. The van der Waals surface area contributed by atoms with E-state index in [-0.39, 0.29) is 0 Å². The van der Waals surface area contributed by atoms with E-state index in [9.17, 15) is 4.79 Å². The summed E-state index contributed by atoms with van der Waals surface area (Å²) in [5.41, 5.74) is 0. The smallest absolute Gasteiger partial charge is 0.137 e. The van der Waals surface area contributed by atoms with Crippen LogP contribution in [-0.4, -0.2) is 80.4 Å². The summed E-state index contributed by atoms with van der Waals surface area (Å²) in [7, 11) is 4.27. The first-order chi connectivity index (χ1) is 9.65. The van der Waals surface area contributed by atoms with Gasteiger partial charge >= 0.3 is 0 Å². The zero-order chi connectivity index (χ0) is 14.4. The molecule has 1 saturated carbocycles. The summed E-state index contributed by atoms with van der Waals surface area (Å²) in [5.74, 6) is 0.850. The van der Waals surface area contributed by atoms with Crippen LogP contribution in [0.1, 0.15) is 32.1 Å². The Kier molecular flexibility index (Phi) is 6.46. The van der Waals surface area contributed by atoms with Gasteiger partial charge in [-0.25, -0.2) is 0 Å². The Balaban J connectivity index is 1.69. The van der Waals surface area contributed by atoms with E-state index in [0.29, 0.717) is 11.7 Å². The van der Waals surface area contributed by atoms with Crippen LogP contribution in [0.4, 0.5) is 0 Å². The van der Waals surface area contributed by atoms with Crippen molar-refractivity contribution in [2.45, 2.75) is 32.1 Å². The average molecular weight is 281 g/mol. The molecule has 0 aromatic heterocycles. The van der Waals surface area contributed by atoms with Gasteiger partial charge in [0.15, 0.2) is 0 Å². The number of nitrogens with zero attached hydrogens (tertiary/aromatic N) is 3. The number of ketones is 1. The minimum atomic E-state index is 0.325. The van der Waals surface area contributed by atoms with Gasteiger partial charge in [-0.1, -0.05) is 12.8 Å². The maximum atomic E-state index is 12.1. The molecule has 0 N–H and O–H groups in total. The third kappa shape index (κ3) is 5.15. The molecular formula is C16H31N3O. The topological polar surface area (TPSA) is 26.8 Å². The predicted molar refractivity (Wildman–Crippen MR) is 83.0 cm³/mol. The van der Waals surface area contributed by atoms with Crippen molar-refractivity contribution in [1.82, 2.24) is 14.7 Å².